The van der Waals surface area contributed by atoms with Crippen LogP contribution in [-0.4, -0.2) is 108 Å². The van der Waals surface area contributed by atoms with E-state index < -0.39 is 96.1 Å². The lowest BCUT2D eigenvalue weighted by atomic mass is 9.82. The number of hydrogen-bond donors (Lipinski definition) is 6. The highest BCUT2D eigenvalue weighted by Gasteiger charge is 2.46. The van der Waals surface area contributed by atoms with Gasteiger partial charge in [-0.1, -0.05) is 43.3 Å². The number of aliphatic hydroxyl groups is 1. The average Bonchev–Trinajstić information content (AvgIpc) is 3.97. The number of aromatic nitrogens is 2. The van der Waals surface area contributed by atoms with Crippen molar-refractivity contribution in [3.05, 3.63) is 140 Å². The second kappa shape index (κ2) is 21.5. The predicted molar refractivity (Wildman–Crippen MR) is 264 cm³/mol. The van der Waals surface area contributed by atoms with Crippen molar-refractivity contribution >= 4 is 63.9 Å². The van der Waals surface area contributed by atoms with Gasteiger partial charge in [0.2, 0.25) is 23.6 Å². The second-order valence-electron chi connectivity index (χ2n) is 18.2. The van der Waals surface area contributed by atoms with Crippen LogP contribution in [0.15, 0.2) is 83.7 Å². The molecule has 388 valence electrons. The molecule has 0 fully saturated rings. The van der Waals surface area contributed by atoms with Gasteiger partial charge in [-0.15, -0.1) is 0 Å². The number of hydrogen-bond acceptors (Lipinski definition) is 14. The zero-order valence-corrected chi connectivity index (χ0v) is 40.7. The van der Waals surface area contributed by atoms with Gasteiger partial charge in [-0.2, -0.15) is 0 Å². The number of carbonyl (C=O) groups is 8. The van der Waals surface area contributed by atoms with E-state index in [1.54, 1.807) is 50.2 Å². The Morgan fingerprint density at radius 3 is 2.36 bits per heavy atom. The van der Waals surface area contributed by atoms with Crippen LogP contribution in [0.1, 0.15) is 75.2 Å². The van der Waals surface area contributed by atoms with Crippen LogP contribution in [0.3, 0.4) is 0 Å². The maximum absolute atomic E-state index is 15.3. The molecule has 0 saturated heterocycles. The van der Waals surface area contributed by atoms with Gasteiger partial charge in [-0.3, -0.25) is 38.4 Å². The minimum atomic E-state index is -2.02. The number of amides is 7. The molecule has 1 aliphatic carbocycles. The molecule has 1 unspecified atom stereocenters. The normalized spacial score (nSPS) is 17.4. The molecule has 6 N–H and O–H groups in total. The number of cyclic esters (lactones) is 1. The molecule has 21 nitrogen and oxygen atoms in total. The molecular weight excluding hydrogens is 976 g/mol. The third-order valence-corrected chi connectivity index (χ3v) is 13.6. The molecule has 0 radical (unpaired) electrons. The Balaban J connectivity index is 0.756. The van der Waals surface area contributed by atoms with Crippen molar-refractivity contribution in [2.24, 2.45) is 0 Å². The Kier molecular flexibility index (Phi) is 14.8. The Bertz CT molecular complexity index is 3290. The summed E-state index contributed by atoms with van der Waals surface area (Å²) >= 11 is 0. The maximum Gasteiger partial charge on any atom is 0.343 e. The Labute approximate surface area is 426 Å². The Morgan fingerprint density at radius 2 is 1.60 bits per heavy atom. The number of nitrogens with one attached hydrogen (secondary N) is 5. The SMILES string of the molecule is CC[C@@]1(O)C(=O)OCc2c1cc1n(c2=O)Cc2c-1nc1cc(F)c(C)c3c1c2[C@@H](OCCOCNC(=O)CNC(=O)C(Cc1ccccc1)NC(=O)CNC(=O)CNC(=O)c1cccc(N2C(=O)C=CC2=O)c1)CC3. The quantitative estimate of drug-likeness (QED) is 0.0290. The number of halogens is 1. The molecule has 3 aromatic carbocycles. The van der Waals surface area contributed by atoms with E-state index in [1.807, 2.05) is 0 Å². The van der Waals surface area contributed by atoms with E-state index in [-0.39, 0.29) is 68.3 Å². The summed E-state index contributed by atoms with van der Waals surface area (Å²) in [5.41, 5.74) is 2.75. The van der Waals surface area contributed by atoms with E-state index in [9.17, 15) is 48.3 Å². The fraction of sp³-hybridized carbons (Fsp3) is 0.321. The summed E-state index contributed by atoms with van der Waals surface area (Å²) in [7, 11) is 0. The lowest BCUT2D eigenvalue weighted by molar-refractivity contribution is -0.172. The minimum Gasteiger partial charge on any atom is -0.458 e. The molecular formula is C53H51FN8O13. The zero-order chi connectivity index (χ0) is 53.1. The van der Waals surface area contributed by atoms with Crippen LogP contribution in [0.4, 0.5) is 10.1 Å². The van der Waals surface area contributed by atoms with Crippen LogP contribution in [0.2, 0.25) is 0 Å². The van der Waals surface area contributed by atoms with Gasteiger partial charge in [0.25, 0.3) is 23.3 Å². The summed E-state index contributed by atoms with van der Waals surface area (Å²) in [6, 6.07) is 16.3. The van der Waals surface area contributed by atoms with Crippen molar-refractivity contribution in [3.8, 4) is 11.4 Å². The standard InChI is InChI=1S/C53H51FN8O13/c1-3-53(72)35-20-39-48-33(25-61(39)51(70)34(35)26-75-52(53)71)47-40(13-12-32-28(2)36(54)21-37(60-48)46(32)47)74-17-16-73-27-58-42(64)23-57-50(69)38(18-29-8-5-4-6-9-29)59-43(65)24-55-41(63)22-56-49(68)30-10-7-11-31(19-30)62-44(66)14-15-45(62)67/h4-11,14-15,19-21,38,40,72H,3,12-13,16-18,22-27H2,1-2H3,(H,55,63)(H,56,68)(H,57,69)(H,58,64)(H,59,65)/t38?,40-,53-/m0/s1. The fourth-order valence-electron chi connectivity index (χ4n) is 9.73. The molecule has 7 amide bonds. The third-order valence-electron chi connectivity index (χ3n) is 13.6. The van der Waals surface area contributed by atoms with Gasteiger partial charge in [-0.25, -0.2) is 19.1 Å². The van der Waals surface area contributed by atoms with Crippen LogP contribution in [0.25, 0.3) is 22.3 Å². The first-order valence-corrected chi connectivity index (χ1v) is 24.2. The molecule has 5 heterocycles. The Morgan fingerprint density at radius 1 is 0.867 bits per heavy atom. The van der Waals surface area contributed by atoms with Gasteiger partial charge in [0.1, 0.15) is 25.2 Å². The van der Waals surface area contributed by atoms with Crippen molar-refractivity contribution in [2.75, 3.05) is 44.5 Å². The number of benzene rings is 3. The number of pyridine rings is 2. The smallest absolute Gasteiger partial charge is 0.343 e. The van der Waals surface area contributed by atoms with Gasteiger partial charge in [0.05, 0.1) is 73.7 Å². The lowest BCUT2D eigenvalue weighted by Gasteiger charge is -2.31. The maximum atomic E-state index is 15.3. The van der Waals surface area contributed by atoms with Gasteiger partial charge in [0, 0.05) is 46.7 Å². The first-order valence-electron chi connectivity index (χ1n) is 24.2. The molecule has 22 heteroatoms. The van der Waals surface area contributed by atoms with Crippen LogP contribution >= 0.6 is 0 Å². The van der Waals surface area contributed by atoms with Gasteiger partial charge >= 0.3 is 5.97 Å². The van der Waals surface area contributed by atoms with E-state index >= 15 is 4.39 Å². The van der Waals surface area contributed by atoms with Crippen molar-refractivity contribution in [1.82, 2.24) is 36.1 Å². The number of carbonyl (C=O) groups excluding carboxylic acids is 8. The predicted octanol–water partition coefficient (Wildman–Crippen LogP) is 1.44. The van der Waals surface area contributed by atoms with E-state index in [1.165, 1.54) is 34.9 Å². The largest absolute Gasteiger partial charge is 0.458 e. The lowest BCUT2D eigenvalue weighted by Crippen LogP contribution is -2.52. The first-order chi connectivity index (χ1) is 36.1. The summed E-state index contributed by atoms with van der Waals surface area (Å²) < 4.78 is 34.2. The fourth-order valence-corrected chi connectivity index (χ4v) is 9.73. The summed E-state index contributed by atoms with van der Waals surface area (Å²) in [5.74, 6) is -5.81. The first kappa shape index (κ1) is 51.4. The number of fused-ring (bicyclic) bond motifs is 5. The molecule has 9 rings (SSSR count). The number of esters is 1. The number of rotatable bonds is 19. The van der Waals surface area contributed by atoms with Crippen molar-refractivity contribution in [1.29, 1.82) is 0 Å². The minimum absolute atomic E-state index is 0.0244. The van der Waals surface area contributed by atoms with E-state index in [0.29, 0.717) is 46.4 Å². The second-order valence-corrected chi connectivity index (χ2v) is 18.2. The summed E-state index contributed by atoms with van der Waals surface area (Å²) in [6.07, 6.45) is 2.69. The molecule has 4 aliphatic rings. The monoisotopic (exact) mass is 1030 g/mol. The van der Waals surface area contributed by atoms with Crippen molar-refractivity contribution < 1.29 is 62.1 Å². The van der Waals surface area contributed by atoms with Crippen LogP contribution < -0.4 is 37.0 Å². The van der Waals surface area contributed by atoms with E-state index in [4.69, 9.17) is 19.2 Å². The molecule has 0 bridgehead atoms. The molecule has 0 saturated carbocycles. The average molecular weight is 1030 g/mol. The summed E-state index contributed by atoms with van der Waals surface area (Å²) in [5, 5.41) is 24.5. The van der Waals surface area contributed by atoms with Gasteiger partial charge in [0.15, 0.2) is 5.60 Å². The molecule has 2 aromatic heterocycles. The topological polar surface area (TPSA) is 283 Å². The number of nitrogens with zero attached hydrogens (tertiary/aromatic N) is 3. The number of imide groups is 1. The van der Waals surface area contributed by atoms with Crippen molar-refractivity contribution in [3.63, 3.8) is 0 Å². The molecule has 3 atom stereocenters. The number of ether oxygens (including phenoxy) is 3. The number of aryl methyl sites for hydroxylation is 1. The highest BCUT2D eigenvalue weighted by Crippen LogP contribution is 2.47. The molecule has 0 spiro atoms. The highest BCUT2D eigenvalue weighted by molar-refractivity contribution is 6.28. The Hall–Kier alpha value is -8.47. The van der Waals surface area contributed by atoms with Gasteiger partial charge in [-0.05, 0) is 72.7 Å². The van der Waals surface area contributed by atoms with E-state index in [0.717, 1.165) is 33.6 Å². The highest BCUT2D eigenvalue weighted by atomic mass is 19.1. The number of anilines is 1. The molecule has 75 heavy (non-hydrogen) atoms. The molecule has 3 aliphatic heterocycles. The van der Waals surface area contributed by atoms with Gasteiger partial charge < -0.3 is 50.5 Å². The van der Waals surface area contributed by atoms with Crippen LogP contribution in [-0.2, 0) is 79.4 Å². The molecule has 5 aromatic rings. The summed E-state index contributed by atoms with van der Waals surface area (Å²) in [4.78, 5) is 121. The summed E-state index contributed by atoms with van der Waals surface area (Å²) in [6.45, 7) is 1.49. The van der Waals surface area contributed by atoms with Crippen molar-refractivity contribution in [2.45, 2.75) is 70.4 Å². The third kappa shape index (κ3) is 10.4. The zero-order valence-electron chi connectivity index (χ0n) is 40.7. The van der Waals surface area contributed by atoms with Crippen LogP contribution in [0.5, 0.6) is 0 Å². The van der Waals surface area contributed by atoms with E-state index in [2.05, 4.69) is 26.6 Å². The van der Waals surface area contributed by atoms with Crippen LogP contribution in [0, 0.1) is 12.7 Å².